The topological polar surface area (TPSA) is 86.1 Å². The lowest BCUT2D eigenvalue weighted by Crippen LogP contribution is -2.52. The highest BCUT2D eigenvalue weighted by Gasteiger charge is 2.36. The summed E-state index contributed by atoms with van der Waals surface area (Å²) in [6.07, 6.45) is 2.60. The molecule has 1 aromatic carbocycles. The number of fused-ring (bicyclic) bond motifs is 1. The molecule has 30 heavy (non-hydrogen) atoms. The largest absolute Gasteiger partial charge is 0.452 e. The molecule has 2 aliphatic heterocycles. The van der Waals surface area contributed by atoms with Gasteiger partial charge in [0.1, 0.15) is 0 Å². The Bertz CT molecular complexity index is 953. The van der Waals surface area contributed by atoms with E-state index in [1.165, 1.54) is 7.11 Å². The SMILES string of the molecule is COC(=O)N1c2ccc(-c3cnn(C4COC4)c3)cc2N(C(=O)OC(C)C)CC1C. The zero-order chi connectivity index (χ0) is 21.4. The highest BCUT2D eigenvalue weighted by atomic mass is 16.6. The second-order valence-corrected chi connectivity index (χ2v) is 7.84. The van der Waals surface area contributed by atoms with Gasteiger partial charge in [0.05, 0.1) is 62.6 Å². The van der Waals surface area contributed by atoms with Crippen LogP contribution in [0.5, 0.6) is 0 Å². The lowest BCUT2D eigenvalue weighted by molar-refractivity contribution is -0.0286. The number of hydrogen-bond acceptors (Lipinski definition) is 6. The van der Waals surface area contributed by atoms with Gasteiger partial charge in [0.25, 0.3) is 0 Å². The van der Waals surface area contributed by atoms with Gasteiger partial charge in [0, 0.05) is 11.8 Å². The average molecular weight is 414 g/mol. The summed E-state index contributed by atoms with van der Waals surface area (Å²) < 4.78 is 17.5. The van der Waals surface area contributed by atoms with E-state index in [4.69, 9.17) is 14.2 Å². The number of hydrogen-bond donors (Lipinski definition) is 0. The molecule has 160 valence electrons. The second kappa shape index (κ2) is 7.98. The summed E-state index contributed by atoms with van der Waals surface area (Å²) >= 11 is 0. The molecule has 1 atom stereocenters. The number of aromatic nitrogens is 2. The van der Waals surface area contributed by atoms with Gasteiger partial charge in [0.2, 0.25) is 0 Å². The fraction of sp³-hybridized carbons (Fsp3) is 0.476. The summed E-state index contributed by atoms with van der Waals surface area (Å²) in [6, 6.07) is 5.62. The molecular weight excluding hydrogens is 388 g/mol. The molecule has 0 N–H and O–H groups in total. The van der Waals surface area contributed by atoms with Gasteiger partial charge in [-0.25, -0.2) is 9.59 Å². The number of ether oxygens (including phenoxy) is 3. The third-order valence-electron chi connectivity index (χ3n) is 5.27. The average Bonchev–Trinajstić information content (AvgIpc) is 3.14. The van der Waals surface area contributed by atoms with Crippen molar-refractivity contribution < 1.29 is 23.8 Å². The molecule has 1 aromatic heterocycles. The van der Waals surface area contributed by atoms with Gasteiger partial charge in [-0.05, 0) is 38.5 Å². The maximum absolute atomic E-state index is 12.8. The molecule has 0 spiro atoms. The van der Waals surface area contributed by atoms with E-state index < -0.39 is 12.2 Å². The first kappa shape index (κ1) is 20.2. The Labute approximate surface area is 175 Å². The van der Waals surface area contributed by atoms with Crippen LogP contribution in [-0.2, 0) is 14.2 Å². The summed E-state index contributed by atoms with van der Waals surface area (Å²) in [4.78, 5) is 28.3. The van der Waals surface area contributed by atoms with Gasteiger partial charge in [0.15, 0.2) is 0 Å². The molecule has 2 aliphatic rings. The highest BCUT2D eigenvalue weighted by Crippen LogP contribution is 2.39. The minimum Gasteiger partial charge on any atom is -0.452 e. The van der Waals surface area contributed by atoms with E-state index in [1.54, 1.807) is 16.0 Å². The minimum absolute atomic E-state index is 0.249. The van der Waals surface area contributed by atoms with Crippen molar-refractivity contribution >= 4 is 23.6 Å². The number of methoxy groups -OCH3 is 1. The molecular formula is C21H26N4O5. The van der Waals surface area contributed by atoms with Crippen LogP contribution in [0.1, 0.15) is 26.8 Å². The lowest BCUT2D eigenvalue weighted by atomic mass is 10.0. The monoisotopic (exact) mass is 414 g/mol. The third kappa shape index (κ3) is 3.60. The summed E-state index contributed by atoms with van der Waals surface area (Å²) in [6.45, 7) is 7.10. The quantitative estimate of drug-likeness (QED) is 0.765. The summed E-state index contributed by atoms with van der Waals surface area (Å²) in [5.41, 5.74) is 3.01. The molecule has 9 heteroatoms. The van der Waals surface area contributed by atoms with Crippen molar-refractivity contribution in [2.75, 3.05) is 36.7 Å². The van der Waals surface area contributed by atoms with Crippen molar-refractivity contribution in [3.63, 3.8) is 0 Å². The molecule has 1 fully saturated rings. The molecule has 0 aliphatic carbocycles. The number of carbonyl (C=O) groups is 2. The van der Waals surface area contributed by atoms with Crippen molar-refractivity contribution in [2.24, 2.45) is 0 Å². The zero-order valence-electron chi connectivity index (χ0n) is 17.6. The van der Waals surface area contributed by atoms with E-state index in [-0.39, 0.29) is 18.2 Å². The first-order valence-electron chi connectivity index (χ1n) is 10.0. The number of benzene rings is 1. The van der Waals surface area contributed by atoms with Crippen molar-refractivity contribution in [1.82, 2.24) is 9.78 Å². The predicted octanol–water partition coefficient (Wildman–Crippen LogP) is 3.45. The Kier molecular flexibility index (Phi) is 5.38. The van der Waals surface area contributed by atoms with E-state index in [2.05, 4.69) is 5.10 Å². The number of anilines is 2. The third-order valence-corrected chi connectivity index (χ3v) is 5.27. The van der Waals surface area contributed by atoms with E-state index in [0.717, 1.165) is 11.1 Å². The van der Waals surface area contributed by atoms with Crippen LogP contribution in [0.25, 0.3) is 11.1 Å². The zero-order valence-corrected chi connectivity index (χ0v) is 17.6. The molecule has 1 unspecified atom stereocenters. The number of amides is 2. The Hall–Kier alpha value is -3.07. The first-order valence-corrected chi connectivity index (χ1v) is 10.0. The number of nitrogens with zero attached hydrogens (tertiary/aromatic N) is 4. The lowest BCUT2D eigenvalue weighted by Gasteiger charge is -2.40. The molecule has 4 rings (SSSR count). The van der Waals surface area contributed by atoms with E-state index >= 15 is 0 Å². The van der Waals surface area contributed by atoms with Crippen LogP contribution in [0.2, 0.25) is 0 Å². The molecule has 2 amide bonds. The molecule has 3 heterocycles. The predicted molar refractivity (Wildman–Crippen MR) is 111 cm³/mol. The van der Waals surface area contributed by atoms with Gasteiger partial charge in [-0.3, -0.25) is 14.5 Å². The van der Waals surface area contributed by atoms with Crippen LogP contribution < -0.4 is 9.80 Å². The van der Waals surface area contributed by atoms with Gasteiger partial charge >= 0.3 is 12.2 Å². The summed E-state index contributed by atoms with van der Waals surface area (Å²) in [7, 11) is 1.35. The standard InChI is InChI=1S/C21H26N4O5/c1-13(2)30-20(26)23-9-14(3)25(21(27)28-4)18-6-5-15(7-19(18)23)16-8-22-24(10-16)17-11-29-12-17/h5-8,10,13-14,17H,9,11-12H2,1-4H3. The van der Waals surface area contributed by atoms with Crippen LogP contribution in [-0.4, -0.2) is 61.0 Å². The molecule has 1 saturated heterocycles. The number of carbonyl (C=O) groups excluding carboxylic acids is 2. The van der Waals surface area contributed by atoms with Crippen LogP contribution >= 0.6 is 0 Å². The molecule has 0 radical (unpaired) electrons. The highest BCUT2D eigenvalue weighted by molar-refractivity contribution is 6.01. The fourth-order valence-corrected chi connectivity index (χ4v) is 3.68. The normalized spacial score (nSPS) is 18.8. The van der Waals surface area contributed by atoms with Crippen LogP contribution in [0.4, 0.5) is 21.0 Å². The van der Waals surface area contributed by atoms with E-state index in [9.17, 15) is 9.59 Å². The first-order chi connectivity index (χ1) is 14.4. The van der Waals surface area contributed by atoms with Crippen LogP contribution in [0.15, 0.2) is 30.6 Å². The fourth-order valence-electron chi connectivity index (χ4n) is 3.68. The van der Waals surface area contributed by atoms with E-state index in [0.29, 0.717) is 31.1 Å². The maximum Gasteiger partial charge on any atom is 0.414 e. The van der Waals surface area contributed by atoms with Gasteiger partial charge < -0.3 is 14.2 Å². The van der Waals surface area contributed by atoms with E-state index in [1.807, 2.05) is 49.8 Å². The van der Waals surface area contributed by atoms with Crippen molar-refractivity contribution in [1.29, 1.82) is 0 Å². The van der Waals surface area contributed by atoms with Crippen LogP contribution in [0, 0.1) is 0 Å². The van der Waals surface area contributed by atoms with Gasteiger partial charge in [-0.2, -0.15) is 5.10 Å². The van der Waals surface area contributed by atoms with Gasteiger partial charge in [-0.15, -0.1) is 0 Å². The van der Waals surface area contributed by atoms with Crippen molar-refractivity contribution in [3.8, 4) is 11.1 Å². The minimum atomic E-state index is -0.467. The van der Waals surface area contributed by atoms with Crippen molar-refractivity contribution in [3.05, 3.63) is 30.6 Å². The Morgan fingerprint density at radius 3 is 2.57 bits per heavy atom. The molecule has 0 bridgehead atoms. The molecule has 0 saturated carbocycles. The summed E-state index contributed by atoms with van der Waals surface area (Å²) in [5, 5.41) is 4.44. The number of rotatable bonds is 3. The Morgan fingerprint density at radius 2 is 1.93 bits per heavy atom. The molecule has 2 aromatic rings. The van der Waals surface area contributed by atoms with Crippen molar-refractivity contribution in [2.45, 2.75) is 39.0 Å². The Balaban J connectivity index is 1.74. The maximum atomic E-state index is 12.8. The smallest absolute Gasteiger partial charge is 0.414 e. The molecule has 9 nitrogen and oxygen atoms in total. The van der Waals surface area contributed by atoms with Crippen LogP contribution in [0.3, 0.4) is 0 Å². The summed E-state index contributed by atoms with van der Waals surface area (Å²) in [5.74, 6) is 0. The van der Waals surface area contributed by atoms with Gasteiger partial charge in [-0.1, -0.05) is 6.07 Å². The Morgan fingerprint density at radius 1 is 1.17 bits per heavy atom. The second-order valence-electron chi connectivity index (χ2n) is 7.84.